The molecule has 1 aliphatic rings. The number of hydrogen-bond donors (Lipinski definition) is 1. The molecule has 3 heterocycles. The summed E-state index contributed by atoms with van der Waals surface area (Å²) < 4.78 is 73.2. The summed E-state index contributed by atoms with van der Waals surface area (Å²) in [5.74, 6) is -4.27. The molecule has 12 heteroatoms. The summed E-state index contributed by atoms with van der Waals surface area (Å²) in [6.45, 7) is 0.643. The molecule has 8 nitrogen and oxygen atoms in total. The molecule has 0 radical (unpaired) electrons. The van der Waals surface area contributed by atoms with E-state index in [2.05, 4.69) is 20.1 Å². The van der Waals surface area contributed by atoms with Crippen molar-refractivity contribution >= 4 is 26.4 Å². The van der Waals surface area contributed by atoms with E-state index in [1.54, 1.807) is 13.0 Å². The Bertz CT molecular complexity index is 1450. The smallest absolute Gasteiger partial charge is 0.298 e. The third-order valence-electron chi connectivity index (χ3n) is 6.50. The average Bonchev–Trinajstić information content (AvgIpc) is 2.82. The quantitative estimate of drug-likeness (QED) is 0.503. The van der Waals surface area contributed by atoms with Crippen LogP contribution in [0, 0.1) is 5.82 Å². The molecule has 0 spiro atoms. The molecule has 0 unspecified atom stereocenters. The predicted molar refractivity (Wildman–Crippen MR) is 130 cm³/mol. The van der Waals surface area contributed by atoms with Crippen LogP contribution in [0.1, 0.15) is 48.5 Å². The summed E-state index contributed by atoms with van der Waals surface area (Å²) in [4.78, 5) is 17.1. The van der Waals surface area contributed by atoms with Gasteiger partial charge in [0.1, 0.15) is 22.3 Å². The maximum absolute atomic E-state index is 15.2. The molecule has 36 heavy (non-hydrogen) atoms. The highest BCUT2D eigenvalue weighted by Gasteiger charge is 2.36. The Morgan fingerprint density at radius 1 is 1.25 bits per heavy atom. The summed E-state index contributed by atoms with van der Waals surface area (Å²) >= 11 is 0. The van der Waals surface area contributed by atoms with Crippen molar-refractivity contribution in [3.63, 3.8) is 0 Å². The van der Waals surface area contributed by atoms with Crippen molar-refractivity contribution in [3.8, 4) is 0 Å². The number of ether oxygens (including phenoxy) is 1. The maximum Gasteiger partial charge on any atom is 0.298 e. The van der Waals surface area contributed by atoms with Crippen LogP contribution in [0.4, 0.5) is 19.0 Å². The van der Waals surface area contributed by atoms with Crippen LogP contribution in [0.25, 0.3) is 10.8 Å². The SMILES string of the molecule is COCC(F)(F)c1cccc([C@@H](C)Nc2nn(C)c(=O)c3cnc(C4CCS(=O)(=O)CC4)cc23)c1F. The second-order valence-corrected chi connectivity index (χ2v) is 11.4. The lowest BCUT2D eigenvalue weighted by Gasteiger charge is -2.23. The highest BCUT2D eigenvalue weighted by Crippen LogP contribution is 2.35. The predicted octanol–water partition coefficient (Wildman–Crippen LogP) is 3.67. The van der Waals surface area contributed by atoms with Crippen LogP contribution in [0.3, 0.4) is 0 Å². The molecule has 1 saturated heterocycles. The third kappa shape index (κ3) is 5.10. The molecule has 1 N–H and O–H groups in total. The van der Waals surface area contributed by atoms with Crippen molar-refractivity contribution in [1.82, 2.24) is 14.8 Å². The van der Waals surface area contributed by atoms with Gasteiger partial charge in [-0.25, -0.2) is 17.5 Å². The monoisotopic (exact) mass is 524 g/mol. The van der Waals surface area contributed by atoms with Gasteiger partial charge in [0.2, 0.25) is 0 Å². The number of anilines is 1. The van der Waals surface area contributed by atoms with Crippen molar-refractivity contribution in [1.29, 1.82) is 0 Å². The number of benzene rings is 1. The summed E-state index contributed by atoms with van der Waals surface area (Å²) in [6, 6.07) is 4.68. The molecule has 0 saturated carbocycles. The van der Waals surface area contributed by atoms with E-state index in [-0.39, 0.29) is 39.8 Å². The van der Waals surface area contributed by atoms with E-state index in [1.807, 2.05) is 0 Å². The molecule has 3 aromatic rings. The molecule has 0 amide bonds. The Kier molecular flexibility index (Phi) is 7.11. The van der Waals surface area contributed by atoms with Crippen molar-refractivity contribution in [2.45, 2.75) is 37.6 Å². The summed E-state index contributed by atoms with van der Waals surface area (Å²) in [5.41, 5.74) is -0.525. The second-order valence-electron chi connectivity index (χ2n) is 9.07. The average molecular weight is 525 g/mol. The number of sulfone groups is 1. The maximum atomic E-state index is 15.2. The number of halogens is 3. The van der Waals surface area contributed by atoms with Crippen molar-refractivity contribution in [2.75, 3.05) is 30.5 Å². The minimum Gasteiger partial charge on any atom is -0.378 e. The van der Waals surface area contributed by atoms with E-state index in [0.29, 0.717) is 23.9 Å². The molecule has 1 aromatic carbocycles. The fraction of sp³-hybridized carbons (Fsp3) is 0.458. The molecule has 0 aliphatic carbocycles. The van der Waals surface area contributed by atoms with E-state index in [0.717, 1.165) is 17.9 Å². The summed E-state index contributed by atoms with van der Waals surface area (Å²) in [7, 11) is -0.479. The highest BCUT2D eigenvalue weighted by molar-refractivity contribution is 7.91. The lowest BCUT2D eigenvalue weighted by atomic mass is 9.97. The van der Waals surface area contributed by atoms with Gasteiger partial charge in [-0.15, -0.1) is 0 Å². The molecule has 1 atom stereocenters. The van der Waals surface area contributed by atoms with Crippen molar-refractivity contribution in [3.05, 3.63) is 63.5 Å². The number of hydrogen-bond acceptors (Lipinski definition) is 7. The number of pyridine rings is 1. The first-order valence-corrected chi connectivity index (χ1v) is 13.2. The van der Waals surface area contributed by atoms with Crippen LogP contribution in [-0.4, -0.2) is 48.4 Å². The number of rotatable bonds is 7. The van der Waals surface area contributed by atoms with E-state index >= 15 is 4.39 Å². The van der Waals surface area contributed by atoms with Crippen LogP contribution in [0.5, 0.6) is 0 Å². The van der Waals surface area contributed by atoms with E-state index < -0.39 is 39.8 Å². The van der Waals surface area contributed by atoms with E-state index in [1.165, 1.54) is 25.4 Å². The standard InChI is InChI=1S/C24H27F3N4O4S/c1-14(16-5-4-6-19(21(16)25)24(26,27)13-35-3)29-22-17-11-20(15-7-9-36(33,34)10-8-15)28-12-18(17)23(32)31(2)30-22/h4-6,11-12,14-15H,7-10,13H2,1-3H3,(H,29,30)/t14-/m1/s1. The fourth-order valence-electron chi connectivity index (χ4n) is 4.49. The first-order chi connectivity index (χ1) is 16.9. The zero-order chi connectivity index (χ0) is 26.3. The zero-order valence-electron chi connectivity index (χ0n) is 20.1. The van der Waals surface area contributed by atoms with Crippen LogP contribution < -0.4 is 10.9 Å². The lowest BCUT2D eigenvalue weighted by molar-refractivity contribution is -0.0722. The van der Waals surface area contributed by atoms with E-state index in [4.69, 9.17) is 0 Å². The first kappa shape index (κ1) is 26.1. The van der Waals surface area contributed by atoms with Gasteiger partial charge in [0, 0.05) is 42.9 Å². The van der Waals surface area contributed by atoms with Gasteiger partial charge in [0.15, 0.2) is 5.82 Å². The topological polar surface area (TPSA) is 103 Å². The lowest BCUT2D eigenvalue weighted by Crippen LogP contribution is -2.25. The first-order valence-electron chi connectivity index (χ1n) is 11.4. The molecule has 194 valence electrons. The fourth-order valence-corrected chi connectivity index (χ4v) is 5.98. The number of nitrogens with zero attached hydrogens (tertiary/aromatic N) is 3. The molecule has 2 aromatic heterocycles. The second kappa shape index (κ2) is 9.81. The molecule has 4 rings (SSSR count). The summed E-state index contributed by atoms with van der Waals surface area (Å²) in [5, 5.41) is 8.05. The van der Waals surface area contributed by atoms with Crippen LogP contribution >= 0.6 is 0 Å². The Labute approximate surface area is 206 Å². The van der Waals surface area contributed by atoms with Crippen molar-refractivity contribution < 1.29 is 26.3 Å². The number of aromatic nitrogens is 3. The van der Waals surface area contributed by atoms with Gasteiger partial charge < -0.3 is 10.1 Å². The number of nitrogens with one attached hydrogen (secondary N) is 1. The number of alkyl halides is 2. The van der Waals surface area contributed by atoms with Crippen LogP contribution in [0.15, 0.2) is 35.3 Å². The van der Waals surface area contributed by atoms with Crippen LogP contribution in [-0.2, 0) is 27.5 Å². The zero-order valence-corrected chi connectivity index (χ0v) is 20.9. The van der Waals surface area contributed by atoms with Gasteiger partial charge in [0.25, 0.3) is 11.5 Å². The highest BCUT2D eigenvalue weighted by atomic mass is 32.2. The molecular weight excluding hydrogens is 497 g/mol. The Morgan fingerprint density at radius 2 is 1.94 bits per heavy atom. The Morgan fingerprint density at radius 3 is 2.61 bits per heavy atom. The largest absolute Gasteiger partial charge is 0.378 e. The van der Waals surface area contributed by atoms with Gasteiger partial charge in [-0.3, -0.25) is 9.78 Å². The molecular formula is C24H27F3N4O4S. The molecule has 1 fully saturated rings. The van der Waals surface area contributed by atoms with Gasteiger partial charge in [-0.1, -0.05) is 12.1 Å². The summed E-state index contributed by atoms with van der Waals surface area (Å²) in [6.07, 6.45) is 2.28. The minimum atomic E-state index is -3.51. The number of aryl methyl sites for hydroxylation is 1. The van der Waals surface area contributed by atoms with Gasteiger partial charge >= 0.3 is 0 Å². The molecule has 0 bridgehead atoms. The van der Waals surface area contributed by atoms with Gasteiger partial charge in [-0.2, -0.15) is 13.9 Å². The Balaban J connectivity index is 1.72. The van der Waals surface area contributed by atoms with Crippen LogP contribution in [0.2, 0.25) is 0 Å². The van der Waals surface area contributed by atoms with Crippen molar-refractivity contribution in [2.24, 2.45) is 7.05 Å². The number of fused-ring (bicyclic) bond motifs is 1. The third-order valence-corrected chi connectivity index (χ3v) is 8.21. The number of methoxy groups -OCH3 is 1. The van der Waals surface area contributed by atoms with Gasteiger partial charge in [0.05, 0.1) is 28.5 Å². The minimum absolute atomic E-state index is 0.00107. The molecule has 1 aliphatic heterocycles. The Hall–Kier alpha value is -2.99. The van der Waals surface area contributed by atoms with Gasteiger partial charge in [-0.05, 0) is 31.9 Å². The van der Waals surface area contributed by atoms with E-state index in [9.17, 15) is 22.0 Å². The normalized spacial score (nSPS) is 17.3.